The van der Waals surface area contributed by atoms with Crippen LogP contribution in [0.5, 0.6) is 0 Å². The van der Waals surface area contributed by atoms with E-state index in [0.717, 1.165) is 47.5 Å². The maximum atomic E-state index is 12.3. The number of carbonyl (C=O) groups excluding carboxylic acids is 2. The first kappa shape index (κ1) is 40.0. The summed E-state index contributed by atoms with van der Waals surface area (Å²) in [4.78, 5) is 31.3. The fourth-order valence-electron chi connectivity index (χ4n) is 5.65. The molecule has 3 rings (SSSR count). The molecule has 1 amide bonds. The number of ether oxygens (including phenoxy) is 3. The second kappa shape index (κ2) is 21.6. The number of rotatable bonds is 23. The summed E-state index contributed by atoms with van der Waals surface area (Å²) < 4.78 is 18.1. The number of unbranched alkanes of at least 4 members (excludes halogenated alkanes) is 2. The number of benzene rings is 2. The van der Waals surface area contributed by atoms with Gasteiger partial charge >= 0.3 is 5.97 Å². The van der Waals surface area contributed by atoms with Crippen LogP contribution in [-0.2, 0) is 19.0 Å². The zero-order valence-corrected chi connectivity index (χ0v) is 31.5. The average Bonchev–Trinajstić information content (AvgIpc) is 3.49. The number of nitrogens with zero attached hydrogens (tertiary/aromatic N) is 4. The summed E-state index contributed by atoms with van der Waals surface area (Å²) in [6.45, 7) is 16.4. The van der Waals surface area contributed by atoms with Crippen LogP contribution in [0.3, 0.4) is 0 Å². The molecule has 1 heterocycles. The molecule has 270 valence electrons. The summed E-state index contributed by atoms with van der Waals surface area (Å²) in [7, 11) is 1.37. The van der Waals surface area contributed by atoms with Crippen LogP contribution >= 0.6 is 11.3 Å². The number of fused-ring (bicyclic) bond motifs is 1. The van der Waals surface area contributed by atoms with Gasteiger partial charge in [0.15, 0.2) is 0 Å². The minimum absolute atomic E-state index is 0.201. The molecule has 10 nitrogen and oxygen atoms in total. The van der Waals surface area contributed by atoms with Crippen LogP contribution in [0, 0.1) is 18.8 Å². The van der Waals surface area contributed by atoms with Gasteiger partial charge in [-0.3, -0.25) is 4.79 Å². The molecule has 1 N–H and O–H groups in total. The highest BCUT2D eigenvalue weighted by Crippen LogP contribution is 2.35. The topological polar surface area (TPSA) is 115 Å². The van der Waals surface area contributed by atoms with Crippen molar-refractivity contribution in [3.8, 4) is 0 Å². The van der Waals surface area contributed by atoms with Crippen molar-refractivity contribution in [1.82, 2.24) is 4.98 Å². The maximum absolute atomic E-state index is 12.3. The van der Waals surface area contributed by atoms with Gasteiger partial charge in [-0.15, -0.1) is 10.2 Å². The van der Waals surface area contributed by atoms with Gasteiger partial charge < -0.3 is 24.4 Å². The average molecular weight is 696 g/mol. The van der Waals surface area contributed by atoms with Crippen LogP contribution in [0.4, 0.5) is 22.2 Å². The number of hydrogen-bond acceptors (Lipinski definition) is 10. The van der Waals surface area contributed by atoms with Crippen LogP contribution < -0.4 is 10.2 Å². The van der Waals surface area contributed by atoms with Gasteiger partial charge in [0.2, 0.25) is 11.0 Å². The van der Waals surface area contributed by atoms with Crippen molar-refractivity contribution in [3.05, 3.63) is 41.5 Å². The maximum Gasteiger partial charge on any atom is 0.338 e. The van der Waals surface area contributed by atoms with E-state index in [1.54, 1.807) is 6.07 Å². The van der Waals surface area contributed by atoms with Gasteiger partial charge in [0.25, 0.3) is 0 Å². The van der Waals surface area contributed by atoms with E-state index in [-0.39, 0.29) is 5.91 Å². The van der Waals surface area contributed by atoms with E-state index in [9.17, 15) is 9.59 Å². The number of anilines is 2. The number of nitrogens with one attached hydrogen (secondary N) is 1. The molecule has 11 heteroatoms. The molecule has 3 aromatic rings. The second-order valence-corrected chi connectivity index (χ2v) is 13.7. The van der Waals surface area contributed by atoms with Crippen LogP contribution in [0.2, 0.25) is 0 Å². The number of azo groups is 1. The fourth-order valence-corrected chi connectivity index (χ4v) is 6.46. The molecule has 0 aliphatic carbocycles. The predicted octanol–water partition coefficient (Wildman–Crippen LogP) is 10.0. The lowest BCUT2D eigenvalue weighted by Crippen LogP contribution is -2.32. The molecule has 1 aromatic heterocycles. The molecular weight excluding hydrogens is 639 g/mol. The van der Waals surface area contributed by atoms with Gasteiger partial charge in [-0.2, -0.15) is 0 Å². The molecule has 49 heavy (non-hydrogen) atoms. The van der Waals surface area contributed by atoms with Gasteiger partial charge in [0, 0.05) is 38.9 Å². The van der Waals surface area contributed by atoms with Gasteiger partial charge in [-0.1, -0.05) is 77.6 Å². The highest BCUT2D eigenvalue weighted by Gasteiger charge is 2.16. The molecule has 0 aliphatic heterocycles. The molecule has 0 radical (unpaired) electrons. The summed E-state index contributed by atoms with van der Waals surface area (Å²) in [5.41, 5.74) is 4.02. The van der Waals surface area contributed by atoms with Crippen molar-refractivity contribution in [1.29, 1.82) is 0 Å². The molecule has 0 bridgehead atoms. The Morgan fingerprint density at radius 3 is 2.10 bits per heavy atom. The summed E-state index contributed by atoms with van der Waals surface area (Å²) in [5, 5.41) is 12.3. The summed E-state index contributed by atoms with van der Waals surface area (Å²) >= 11 is 1.33. The van der Waals surface area contributed by atoms with Gasteiger partial charge in [-0.25, -0.2) is 9.78 Å². The lowest BCUT2D eigenvalue weighted by atomic mass is 10.0. The molecule has 2 atom stereocenters. The molecular formula is C38H57N5O5S. The lowest BCUT2D eigenvalue weighted by Gasteiger charge is -2.26. The molecule has 0 saturated carbocycles. The quantitative estimate of drug-likeness (QED) is 0.0596. The van der Waals surface area contributed by atoms with Crippen molar-refractivity contribution in [2.24, 2.45) is 22.1 Å². The van der Waals surface area contributed by atoms with Gasteiger partial charge in [-0.05, 0) is 67.5 Å². The molecule has 0 spiro atoms. The van der Waals surface area contributed by atoms with Crippen LogP contribution in [0.25, 0.3) is 10.2 Å². The molecule has 0 saturated heterocycles. The normalized spacial score (nSPS) is 12.8. The number of thiazole rings is 1. The molecule has 0 fully saturated rings. The Balaban J connectivity index is 1.80. The van der Waals surface area contributed by atoms with E-state index in [2.05, 4.69) is 53.1 Å². The number of amides is 1. The van der Waals surface area contributed by atoms with Crippen LogP contribution in [0.1, 0.15) is 102 Å². The lowest BCUT2D eigenvalue weighted by molar-refractivity contribution is -0.114. The Morgan fingerprint density at radius 1 is 0.918 bits per heavy atom. The number of aromatic nitrogens is 1. The highest BCUT2D eigenvalue weighted by molar-refractivity contribution is 7.21. The smallest absolute Gasteiger partial charge is 0.338 e. The minimum Gasteiger partial charge on any atom is -0.465 e. The summed E-state index contributed by atoms with van der Waals surface area (Å²) in [6.07, 6.45) is 9.49. The van der Waals surface area contributed by atoms with E-state index in [1.807, 2.05) is 31.2 Å². The first-order valence-electron chi connectivity index (χ1n) is 18.0. The van der Waals surface area contributed by atoms with E-state index in [1.165, 1.54) is 63.9 Å². The second-order valence-electron chi connectivity index (χ2n) is 12.7. The zero-order chi connectivity index (χ0) is 35.6. The monoisotopic (exact) mass is 695 g/mol. The minimum atomic E-state index is -0.391. The SMILES string of the molecule is CCCCC(CC)COCCN(CCOCC(CC)CCCC)c1ccc(N=Nc2nc3cc(C)c(C(=O)OC)cc3s2)c(NC(C)=O)c1. The molecule has 0 aliphatic rings. The van der Waals surface area contributed by atoms with Crippen LogP contribution in [-0.4, -0.2) is 63.5 Å². The number of methoxy groups -OCH3 is 1. The third kappa shape index (κ3) is 13.1. The van der Waals surface area contributed by atoms with Gasteiger partial charge in [0.05, 0.1) is 41.8 Å². The first-order chi connectivity index (χ1) is 23.7. The van der Waals surface area contributed by atoms with Crippen molar-refractivity contribution in [2.45, 2.75) is 92.9 Å². The third-order valence-corrected chi connectivity index (χ3v) is 9.74. The van der Waals surface area contributed by atoms with E-state index in [0.29, 0.717) is 60.2 Å². The van der Waals surface area contributed by atoms with E-state index < -0.39 is 5.97 Å². The van der Waals surface area contributed by atoms with Crippen LogP contribution in [0.15, 0.2) is 40.6 Å². The van der Waals surface area contributed by atoms with E-state index >= 15 is 0 Å². The Bertz CT molecular complexity index is 1470. The van der Waals surface area contributed by atoms with E-state index in [4.69, 9.17) is 14.2 Å². The Kier molecular flexibility index (Phi) is 17.7. The largest absolute Gasteiger partial charge is 0.465 e. The predicted molar refractivity (Wildman–Crippen MR) is 201 cm³/mol. The van der Waals surface area contributed by atoms with Crippen molar-refractivity contribution in [2.75, 3.05) is 56.8 Å². The number of carbonyl (C=O) groups is 2. The van der Waals surface area contributed by atoms with Crippen molar-refractivity contribution in [3.63, 3.8) is 0 Å². The Labute approximate surface area is 297 Å². The van der Waals surface area contributed by atoms with Crippen molar-refractivity contribution < 1.29 is 23.8 Å². The zero-order valence-electron chi connectivity index (χ0n) is 30.7. The molecule has 2 aromatic carbocycles. The van der Waals surface area contributed by atoms with Crippen molar-refractivity contribution >= 4 is 55.6 Å². The Hall–Kier alpha value is -3.41. The first-order valence-corrected chi connectivity index (χ1v) is 18.8. The summed E-state index contributed by atoms with van der Waals surface area (Å²) in [5.74, 6) is 0.567. The fraction of sp³-hybridized carbons (Fsp3) is 0.605. The number of aryl methyl sites for hydroxylation is 1. The third-order valence-electron chi connectivity index (χ3n) is 8.83. The highest BCUT2D eigenvalue weighted by atomic mass is 32.1. The molecule has 2 unspecified atom stereocenters. The number of esters is 1. The van der Waals surface area contributed by atoms with Gasteiger partial charge in [0.1, 0.15) is 5.69 Å². The Morgan fingerprint density at radius 2 is 1.55 bits per heavy atom. The standard InChI is InChI=1S/C38H57N5O5S/c1-8-12-14-29(10-3)25-47-20-18-43(19-21-48-26-30(11-4)15-13-9-2)31-16-17-33(34(23-31)39-28(6)44)41-42-38-40-35-22-27(5)32(37(45)46-7)24-36(35)49-38/h16-17,22-24,29-30H,8-15,18-21,25-26H2,1-7H3,(H,39,44). The summed E-state index contributed by atoms with van der Waals surface area (Å²) in [6, 6.07) is 9.41. The number of hydrogen-bond donors (Lipinski definition) is 1.